The van der Waals surface area contributed by atoms with E-state index in [0.717, 1.165) is 0 Å². The Hall–Kier alpha value is -1.17. The highest BCUT2D eigenvalue weighted by Crippen LogP contribution is 2.14. The van der Waals surface area contributed by atoms with Crippen molar-refractivity contribution in [3.63, 3.8) is 0 Å². The zero-order valence-corrected chi connectivity index (χ0v) is 7.58. The smallest absolute Gasteiger partial charge is 0.337 e. The first-order chi connectivity index (χ1) is 6.15. The van der Waals surface area contributed by atoms with Gasteiger partial charge in [-0.1, -0.05) is 11.6 Å². The lowest BCUT2D eigenvalue weighted by Gasteiger charge is -1.99. The lowest BCUT2D eigenvalue weighted by atomic mass is 10.3. The summed E-state index contributed by atoms with van der Waals surface area (Å²) in [7, 11) is 1.45. The Morgan fingerprint density at radius 3 is 3.00 bits per heavy atom. The fourth-order valence-corrected chi connectivity index (χ4v) is 0.940. The molecule has 3 N–H and O–H groups in total. The van der Waals surface area contributed by atoms with E-state index in [-0.39, 0.29) is 10.7 Å². The molecule has 0 amide bonds. The number of quaternary nitrogens is 1. The van der Waals surface area contributed by atoms with Gasteiger partial charge in [0.2, 0.25) is 5.69 Å². The number of pyridine rings is 1. The third-order valence-electron chi connectivity index (χ3n) is 1.36. The van der Waals surface area contributed by atoms with Gasteiger partial charge in [0.05, 0.1) is 12.7 Å². The van der Waals surface area contributed by atoms with Crippen LogP contribution in [0.15, 0.2) is 12.3 Å². The predicted molar refractivity (Wildman–Crippen MR) is 44.8 cm³/mol. The summed E-state index contributed by atoms with van der Waals surface area (Å²) < 4.78 is 0. The molecule has 1 aromatic heterocycles. The Morgan fingerprint density at radius 2 is 2.46 bits per heavy atom. The number of carbonyl (C=O) groups is 1. The van der Waals surface area contributed by atoms with Crippen molar-refractivity contribution in [3.8, 4) is 0 Å². The van der Waals surface area contributed by atoms with Crippen LogP contribution in [0.3, 0.4) is 0 Å². The Kier molecular flexibility index (Phi) is 3.18. The van der Waals surface area contributed by atoms with Crippen LogP contribution in [0.2, 0.25) is 5.15 Å². The van der Waals surface area contributed by atoms with E-state index in [4.69, 9.17) is 21.5 Å². The van der Waals surface area contributed by atoms with Crippen LogP contribution in [0.25, 0.3) is 0 Å². The molecule has 13 heavy (non-hydrogen) atoms. The Labute approximate surface area is 79.3 Å². The van der Waals surface area contributed by atoms with E-state index in [1.807, 2.05) is 0 Å². The zero-order valence-electron chi connectivity index (χ0n) is 6.82. The van der Waals surface area contributed by atoms with Gasteiger partial charge in [-0.3, -0.25) is 0 Å². The van der Waals surface area contributed by atoms with Crippen LogP contribution >= 0.6 is 11.6 Å². The number of hydrogen-bond acceptors (Lipinski definition) is 3. The molecule has 0 aromatic carbocycles. The minimum Gasteiger partial charge on any atom is -0.478 e. The van der Waals surface area contributed by atoms with Crippen LogP contribution in [0.5, 0.6) is 0 Å². The highest BCUT2D eigenvalue weighted by molar-refractivity contribution is 6.31. The fourth-order valence-electron chi connectivity index (χ4n) is 0.792. The van der Waals surface area contributed by atoms with Gasteiger partial charge >= 0.3 is 5.97 Å². The number of carboxylic acids is 1. The summed E-state index contributed by atoms with van der Waals surface area (Å²) >= 11 is 5.66. The van der Waals surface area contributed by atoms with E-state index < -0.39 is 5.97 Å². The van der Waals surface area contributed by atoms with Crippen LogP contribution in [-0.4, -0.2) is 23.2 Å². The van der Waals surface area contributed by atoms with Gasteiger partial charge in [-0.15, -0.1) is 0 Å². The van der Waals surface area contributed by atoms with Gasteiger partial charge in [-0.25, -0.2) is 14.6 Å². The summed E-state index contributed by atoms with van der Waals surface area (Å²) in [5, 5.41) is 8.85. The van der Waals surface area contributed by atoms with Crippen molar-refractivity contribution in [3.05, 3.63) is 23.0 Å². The largest absolute Gasteiger partial charge is 0.478 e. The number of aromatic nitrogens is 1. The predicted octanol–water partition coefficient (Wildman–Crippen LogP) is 0.190. The van der Waals surface area contributed by atoms with Gasteiger partial charge in [0.15, 0.2) is 5.15 Å². The molecule has 5 nitrogen and oxygen atoms in total. The minimum atomic E-state index is -1.05. The normalized spacial score (nSPS) is 10.0. The fraction of sp³-hybridized carbons (Fsp3) is 0.143. The maximum absolute atomic E-state index is 10.5. The van der Waals surface area contributed by atoms with Crippen LogP contribution in [0.4, 0.5) is 5.69 Å². The molecule has 0 unspecified atom stereocenters. The first-order valence-corrected chi connectivity index (χ1v) is 3.78. The molecular formula is C7H8ClN2O3+. The second-order valence-corrected chi connectivity index (χ2v) is 2.62. The first kappa shape index (κ1) is 9.91. The van der Waals surface area contributed by atoms with Crippen LogP contribution < -0.4 is 5.48 Å². The van der Waals surface area contributed by atoms with Crippen molar-refractivity contribution in [1.82, 2.24) is 4.98 Å². The Morgan fingerprint density at radius 1 is 1.77 bits per heavy atom. The van der Waals surface area contributed by atoms with Crippen molar-refractivity contribution in [2.75, 3.05) is 7.11 Å². The lowest BCUT2D eigenvalue weighted by Crippen LogP contribution is -2.76. The number of halogens is 1. The van der Waals surface area contributed by atoms with Gasteiger partial charge in [-0.05, 0) is 0 Å². The maximum Gasteiger partial charge on any atom is 0.337 e. The van der Waals surface area contributed by atoms with E-state index in [1.165, 1.54) is 24.9 Å². The molecule has 0 saturated heterocycles. The number of hydrogen-bond donors (Lipinski definition) is 2. The topological polar surface area (TPSA) is 76.0 Å². The van der Waals surface area contributed by atoms with Crippen molar-refractivity contribution >= 4 is 23.3 Å². The summed E-state index contributed by atoms with van der Waals surface area (Å²) in [6.45, 7) is 0. The molecule has 0 atom stereocenters. The molecular weight excluding hydrogens is 196 g/mol. The summed E-state index contributed by atoms with van der Waals surface area (Å²) in [5.41, 5.74) is 1.86. The third kappa shape index (κ3) is 2.38. The molecule has 0 aliphatic heterocycles. The average molecular weight is 204 g/mol. The van der Waals surface area contributed by atoms with Gasteiger partial charge in [0.1, 0.15) is 0 Å². The zero-order chi connectivity index (χ0) is 9.84. The molecule has 1 heterocycles. The van der Waals surface area contributed by atoms with Gasteiger partial charge in [0, 0.05) is 12.3 Å². The molecule has 0 fully saturated rings. The van der Waals surface area contributed by atoms with E-state index >= 15 is 0 Å². The quantitative estimate of drug-likeness (QED) is 0.543. The number of nitrogens with two attached hydrogens (primary N) is 1. The Balaban J connectivity index is 3.03. The van der Waals surface area contributed by atoms with Crippen molar-refractivity contribution in [1.29, 1.82) is 0 Å². The maximum atomic E-state index is 10.5. The second kappa shape index (κ2) is 4.18. The molecule has 0 saturated carbocycles. The van der Waals surface area contributed by atoms with Gasteiger partial charge in [-0.2, -0.15) is 5.48 Å². The Bertz CT molecular complexity index is 330. The van der Waals surface area contributed by atoms with Crippen LogP contribution in [0.1, 0.15) is 10.4 Å². The van der Waals surface area contributed by atoms with Crippen LogP contribution in [0, 0.1) is 0 Å². The molecule has 0 aliphatic rings. The molecule has 1 aromatic rings. The van der Waals surface area contributed by atoms with Gasteiger partial charge < -0.3 is 5.11 Å². The van der Waals surface area contributed by atoms with E-state index in [2.05, 4.69) is 4.98 Å². The number of nitrogens with zero attached hydrogens (tertiary/aromatic N) is 1. The highest BCUT2D eigenvalue weighted by Gasteiger charge is 2.11. The monoisotopic (exact) mass is 203 g/mol. The number of aromatic carboxylic acids is 1. The standard InChI is InChI=1S/C7H7ClN2O3/c1-13-10-5-2-4(7(11)12)3-9-6(5)8/h2-3,10H,1H3,(H,11,12)/p+1. The number of carboxylic acid groups (broad SMARTS) is 1. The summed E-state index contributed by atoms with van der Waals surface area (Å²) in [6.07, 6.45) is 1.19. The third-order valence-corrected chi connectivity index (χ3v) is 1.67. The van der Waals surface area contributed by atoms with E-state index in [9.17, 15) is 4.79 Å². The van der Waals surface area contributed by atoms with E-state index in [1.54, 1.807) is 0 Å². The van der Waals surface area contributed by atoms with Crippen molar-refractivity contribution < 1.29 is 20.2 Å². The van der Waals surface area contributed by atoms with E-state index in [0.29, 0.717) is 5.69 Å². The molecule has 6 heteroatoms. The molecule has 0 bridgehead atoms. The van der Waals surface area contributed by atoms with Gasteiger partial charge in [0.25, 0.3) is 0 Å². The van der Waals surface area contributed by atoms with Crippen LogP contribution in [-0.2, 0) is 4.84 Å². The first-order valence-electron chi connectivity index (χ1n) is 3.40. The molecule has 70 valence electrons. The highest BCUT2D eigenvalue weighted by atomic mass is 35.5. The average Bonchev–Trinajstić information content (AvgIpc) is 2.08. The molecule has 0 aliphatic carbocycles. The lowest BCUT2D eigenvalue weighted by molar-refractivity contribution is -0.830. The summed E-state index contributed by atoms with van der Waals surface area (Å²) in [5.74, 6) is -1.05. The summed E-state index contributed by atoms with van der Waals surface area (Å²) in [6, 6.07) is 1.39. The minimum absolute atomic E-state index is 0.0766. The molecule has 0 spiro atoms. The van der Waals surface area contributed by atoms with Crippen molar-refractivity contribution in [2.45, 2.75) is 0 Å². The SMILES string of the molecule is CO[NH2+]c1cc(C(=O)O)cnc1Cl. The van der Waals surface area contributed by atoms with Crippen molar-refractivity contribution in [2.24, 2.45) is 0 Å². The molecule has 0 radical (unpaired) electrons. The summed E-state index contributed by atoms with van der Waals surface area (Å²) in [4.78, 5) is 18.9. The molecule has 1 rings (SSSR count). The second-order valence-electron chi connectivity index (χ2n) is 2.26. The number of rotatable bonds is 3.